The Hall–Kier alpha value is -2.26. The molecule has 9 heteroatoms. The summed E-state index contributed by atoms with van der Waals surface area (Å²) in [6.07, 6.45) is 6.03. The van der Waals surface area contributed by atoms with Crippen LogP contribution in [0.2, 0.25) is 0 Å². The number of anilines is 1. The van der Waals surface area contributed by atoms with Crippen LogP contribution in [-0.4, -0.2) is 92.0 Å². The van der Waals surface area contributed by atoms with E-state index >= 15 is 0 Å². The number of likely N-dealkylation sites (tertiary alicyclic amines) is 2. The second-order valence-electron chi connectivity index (χ2n) is 9.53. The number of fused-ring (bicyclic) bond motifs is 1. The third-order valence-corrected chi connectivity index (χ3v) is 7.17. The fraction of sp³-hybridized carbons (Fsp3) is 0.727. The third-order valence-electron chi connectivity index (χ3n) is 7.17. The predicted octanol–water partition coefficient (Wildman–Crippen LogP) is 1.28. The third kappa shape index (κ3) is 4.25. The number of nitrogens with zero attached hydrogens (tertiary/aromatic N) is 7. The Labute approximate surface area is 183 Å². The van der Waals surface area contributed by atoms with Crippen LogP contribution in [-0.2, 0) is 4.79 Å². The van der Waals surface area contributed by atoms with Crippen molar-refractivity contribution in [1.82, 2.24) is 29.6 Å². The first-order valence-corrected chi connectivity index (χ1v) is 11.7. The number of rotatable bonds is 4. The highest BCUT2D eigenvalue weighted by Crippen LogP contribution is 2.30. The molecule has 31 heavy (non-hydrogen) atoms. The molecule has 2 aromatic heterocycles. The molecule has 2 aromatic rings. The Morgan fingerprint density at radius 2 is 1.87 bits per heavy atom. The maximum Gasteiger partial charge on any atom is 0.219 e. The smallest absolute Gasteiger partial charge is 0.219 e. The minimum atomic E-state index is -0.801. The fourth-order valence-electron chi connectivity index (χ4n) is 5.44. The van der Waals surface area contributed by atoms with Gasteiger partial charge in [0.25, 0.3) is 0 Å². The molecule has 3 saturated heterocycles. The molecule has 3 aliphatic rings. The summed E-state index contributed by atoms with van der Waals surface area (Å²) in [5.41, 5.74) is 0.00559. The largest absolute Gasteiger partial charge is 0.387 e. The summed E-state index contributed by atoms with van der Waals surface area (Å²) in [4.78, 5) is 18.2. The number of carbonyl (C=O) groups is 1. The molecule has 1 amide bonds. The highest BCUT2D eigenvalue weighted by Gasteiger charge is 2.37. The summed E-state index contributed by atoms with van der Waals surface area (Å²) in [6, 6.07) is 4.07. The van der Waals surface area contributed by atoms with E-state index in [4.69, 9.17) is 5.10 Å². The molecular formula is C22H33N7O2. The summed E-state index contributed by atoms with van der Waals surface area (Å²) in [6.45, 7) is 7.37. The number of hydrogen-bond donors (Lipinski definition) is 1. The predicted molar refractivity (Wildman–Crippen MR) is 117 cm³/mol. The molecule has 0 saturated carbocycles. The lowest BCUT2D eigenvalue weighted by Crippen LogP contribution is -2.56. The molecule has 3 fully saturated rings. The molecule has 168 valence electrons. The van der Waals surface area contributed by atoms with Gasteiger partial charge in [0, 0.05) is 39.0 Å². The fourth-order valence-corrected chi connectivity index (χ4v) is 5.44. The van der Waals surface area contributed by atoms with Crippen molar-refractivity contribution >= 4 is 17.4 Å². The Morgan fingerprint density at radius 3 is 2.61 bits per heavy atom. The van der Waals surface area contributed by atoms with Gasteiger partial charge >= 0.3 is 0 Å². The van der Waals surface area contributed by atoms with Crippen molar-refractivity contribution in [3.8, 4) is 0 Å². The van der Waals surface area contributed by atoms with Crippen molar-refractivity contribution in [2.24, 2.45) is 0 Å². The van der Waals surface area contributed by atoms with Gasteiger partial charge in [0.05, 0.1) is 12.1 Å². The van der Waals surface area contributed by atoms with Gasteiger partial charge in [-0.25, -0.2) is 0 Å². The lowest BCUT2D eigenvalue weighted by atomic mass is 9.90. The Morgan fingerprint density at radius 1 is 1.10 bits per heavy atom. The first-order valence-electron chi connectivity index (χ1n) is 11.7. The topological polar surface area (TPSA) is 90.1 Å². The van der Waals surface area contributed by atoms with Gasteiger partial charge in [-0.3, -0.25) is 4.79 Å². The van der Waals surface area contributed by atoms with E-state index < -0.39 is 5.60 Å². The number of β-amino-alcohol motifs (C(OH)–C–C–N with tert-alkyl or cyclic N) is 1. The molecule has 5 rings (SSSR count). The van der Waals surface area contributed by atoms with Crippen LogP contribution in [0, 0.1) is 0 Å². The van der Waals surface area contributed by atoms with E-state index in [0.717, 1.165) is 75.7 Å². The van der Waals surface area contributed by atoms with Crippen LogP contribution in [0.4, 0.5) is 5.82 Å². The molecule has 0 aromatic carbocycles. The lowest BCUT2D eigenvalue weighted by Gasteiger charge is -2.43. The molecule has 0 aliphatic carbocycles. The molecular weight excluding hydrogens is 394 g/mol. The number of amides is 1. The maximum atomic E-state index is 11.7. The number of aliphatic hydroxyl groups is 1. The van der Waals surface area contributed by atoms with Crippen molar-refractivity contribution in [2.75, 3.05) is 50.7 Å². The summed E-state index contributed by atoms with van der Waals surface area (Å²) in [7, 11) is 0. The van der Waals surface area contributed by atoms with Gasteiger partial charge in [-0.05, 0) is 63.7 Å². The molecule has 5 heterocycles. The second kappa shape index (κ2) is 8.35. The minimum Gasteiger partial charge on any atom is -0.387 e. The number of carbonyl (C=O) groups excluding carboxylic acids is 1. The van der Waals surface area contributed by atoms with Crippen LogP contribution in [0.3, 0.4) is 0 Å². The van der Waals surface area contributed by atoms with Crippen molar-refractivity contribution in [2.45, 2.75) is 57.0 Å². The van der Waals surface area contributed by atoms with E-state index in [1.54, 1.807) is 11.8 Å². The van der Waals surface area contributed by atoms with Crippen molar-refractivity contribution in [3.63, 3.8) is 0 Å². The zero-order valence-electron chi connectivity index (χ0n) is 18.4. The van der Waals surface area contributed by atoms with E-state index in [-0.39, 0.29) is 5.91 Å². The first kappa shape index (κ1) is 20.6. The lowest BCUT2D eigenvalue weighted by molar-refractivity contribution is -0.137. The molecule has 0 radical (unpaired) electrons. The van der Waals surface area contributed by atoms with Gasteiger partial charge in [-0.1, -0.05) is 0 Å². The molecule has 0 bridgehead atoms. The standard InChI is InChI=1S/C22H33N7O2/c1-17(30)28-12-4-9-22(31,16-28)15-26-13-7-18(8-14-26)21-24-23-19-5-6-20(25-29(19)21)27-10-2-3-11-27/h5-6,18,31H,2-4,7-16H2,1H3. The zero-order valence-corrected chi connectivity index (χ0v) is 18.4. The zero-order chi connectivity index (χ0) is 21.4. The van der Waals surface area contributed by atoms with Gasteiger partial charge in [-0.15, -0.1) is 15.3 Å². The van der Waals surface area contributed by atoms with E-state index in [1.807, 2.05) is 10.6 Å². The highest BCUT2D eigenvalue weighted by atomic mass is 16.3. The first-order chi connectivity index (χ1) is 15.0. The molecule has 3 aliphatic heterocycles. The molecule has 1 N–H and O–H groups in total. The van der Waals surface area contributed by atoms with E-state index in [9.17, 15) is 9.90 Å². The molecule has 1 atom stereocenters. The van der Waals surface area contributed by atoms with Gasteiger partial charge in [0.1, 0.15) is 5.82 Å². The number of aromatic nitrogens is 4. The Bertz CT molecular complexity index is 933. The van der Waals surface area contributed by atoms with Crippen LogP contribution >= 0.6 is 0 Å². The van der Waals surface area contributed by atoms with Crippen LogP contribution in [0.15, 0.2) is 12.1 Å². The summed E-state index contributed by atoms with van der Waals surface area (Å²) in [5.74, 6) is 2.34. The average molecular weight is 428 g/mol. The minimum absolute atomic E-state index is 0.0521. The highest BCUT2D eigenvalue weighted by molar-refractivity contribution is 5.73. The molecule has 9 nitrogen and oxygen atoms in total. The van der Waals surface area contributed by atoms with Crippen molar-refractivity contribution in [3.05, 3.63) is 18.0 Å². The molecule has 1 unspecified atom stereocenters. The van der Waals surface area contributed by atoms with E-state index in [2.05, 4.69) is 26.1 Å². The van der Waals surface area contributed by atoms with Gasteiger partial charge < -0.3 is 19.8 Å². The average Bonchev–Trinajstić information content (AvgIpc) is 3.44. The van der Waals surface area contributed by atoms with Gasteiger partial charge in [-0.2, -0.15) is 4.52 Å². The summed E-state index contributed by atoms with van der Waals surface area (Å²) < 4.78 is 1.94. The normalized spacial score (nSPS) is 26.1. The quantitative estimate of drug-likeness (QED) is 0.786. The van der Waals surface area contributed by atoms with Crippen molar-refractivity contribution in [1.29, 1.82) is 0 Å². The van der Waals surface area contributed by atoms with Crippen LogP contribution in [0.1, 0.15) is 57.2 Å². The summed E-state index contributed by atoms with van der Waals surface area (Å²) >= 11 is 0. The van der Waals surface area contributed by atoms with Gasteiger partial charge in [0.15, 0.2) is 11.5 Å². The number of hydrogen-bond acceptors (Lipinski definition) is 7. The SMILES string of the molecule is CC(=O)N1CCCC(O)(CN2CCC(c3nnc4ccc(N5CCCC5)nn34)CC2)C1. The molecule has 0 spiro atoms. The van der Waals surface area contributed by atoms with E-state index in [0.29, 0.717) is 19.0 Å². The Balaban J connectivity index is 1.24. The van der Waals surface area contributed by atoms with Crippen molar-refractivity contribution < 1.29 is 9.90 Å². The van der Waals surface area contributed by atoms with E-state index in [1.165, 1.54) is 12.8 Å². The monoisotopic (exact) mass is 427 g/mol. The van der Waals surface area contributed by atoms with Crippen LogP contribution in [0.5, 0.6) is 0 Å². The van der Waals surface area contributed by atoms with Crippen LogP contribution < -0.4 is 4.90 Å². The second-order valence-corrected chi connectivity index (χ2v) is 9.53. The Kier molecular flexibility index (Phi) is 5.56. The summed E-state index contributed by atoms with van der Waals surface area (Å²) in [5, 5.41) is 24.8. The number of piperidine rings is 2. The maximum absolute atomic E-state index is 11.7. The van der Waals surface area contributed by atoms with Crippen LogP contribution in [0.25, 0.3) is 5.65 Å². The van der Waals surface area contributed by atoms with Gasteiger partial charge in [0.2, 0.25) is 5.91 Å².